The number of rotatable bonds is 11. The lowest BCUT2D eigenvalue weighted by Gasteiger charge is -2.29. The zero-order valence-electron chi connectivity index (χ0n) is 19.0. The van der Waals surface area contributed by atoms with E-state index < -0.39 is 14.8 Å². The molecule has 5 nitrogen and oxygen atoms in total. The Morgan fingerprint density at radius 1 is 0.833 bits per heavy atom. The summed E-state index contributed by atoms with van der Waals surface area (Å²) in [6.07, 6.45) is 2.82. The lowest BCUT2D eigenvalue weighted by molar-refractivity contribution is 0.540. The fourth-order valence-electron chi connectivity index (χ4n) is 3.16. The molecule has 0 aliphatic rings. The number of sulfonamides is 1. The quantitative estimate of drug-likeness (QED) is 0.459. The van der Waals surface area contributed by atoms with Crippen LogP contribution in [0.15, 0.2) is 54.6 Å². The Hall–Kier alpha value is -2.05. The molecule has 0 saturated carbocycles. The summed E-state index contributed by atoms with van der Waals surface area (Å²) in [7, 11) is -3.24. The van der Waals surface area contributed by atoms with E-state index in [0.29, 0.717) is 12.6 Å². The summed E-state index contributed by atoms with van der Waals surface area (Å²) < 4.78 is 26.0. The zero-order chi connectivity index (χ0) is 22.2. The SMILES string of the molecule is CC(C)N(c1ccccc1)c1ccc(NCCCCCNS(=O)(=O)C(C)(C)C)cc1. The van der Waals surface area contributed by atoms with Gasteiger partial charge in [-0.05, 0) is 83.9 Å². The molecule has 0 aliphatic heterocycles. The van der Waals surface area contributed by atoms with Crippen LogP contribution in [0.4, 0.5) is 17.1 Å². The predicted octanol–water partition coefficient (Wildman–Crippen LogP) is 5.53. The summed E-state index contributed by atoms with van der Waals surface area (Å²) in [6.45, 7) is 10.9. The molecule has 2 aromatic rings. The average Bonchev–Trinajstić information content (AvgIpc) is 2.68. The van der Waals surface area contributed by atoms with Gasteiger partial charge in [-0.15, -0.1) is 0 Å². The van der Waals surface area contributed by atoms with Crippen LogP contribution < -0.4 is 14.9 Å². The van der Waals surface area contributed by atoms with Crippen molar-refractivity contribution in [2.45, 2.75) is 64.7 Å². The van der Waals surface area contributed by atoms with Gasteiger partial charge in [0.1, 0.15) is 0 Å². The molecule has 30 heavy (non-hydrogen) atoms. The second-order valence-corrected chi connectivity index (χ2v) is 11.4. The van der Waals surface area contributed by atoms with E-state index in [0.717, 1.165) is 31.5 Å². The molecule has 2 aromatic carbocycles. The summed E-state index contributed by atoms with van der Waals surface area (Å²) in [6, 6.07) is 19.3. The molecule has 0 saturated heterocycles. The molecule has 2 rings (SSSR count). The van der Waals surface area contributed by atoms with Gasteiger partial charge in [0.2, 0.25) is 10.0 Å². The van der Waals surface area contributed by atoms with E-state index in [1.807, 2.05) is 6.07 Å². The molecule has 0 aliphatic carbocycles. The first-order valence-electron chi connectivity index (χ1n) is 10.8. The maximum absolute atomic E-state index is 12.0. The molecule has 2 N–H and O–H groups in total. The lowest BCUT2D eigenvalue weighted by atomic mass is 10.1. The van der Waals surface area contributed by atoms with Gasteiger partial charge < -0.3 is 10.2 Å². The summed E-state index contributed by atoms with van der Waals surface area (Å²) >= 11 is 0. The van der Waals surface area contributed by atoms with Crippen molar-refractivity contribution in [3.8, 4) is 0 Å². The molecule has 0 aromatic heterocycles. The molecule has 0 heterocycles. The minimum Gasteiger partial charge on any atom is -0.385 e. The van der Waals surface area contributed by atoms with E-state index in [2.05, 4.69) is 77.3 Å². The number of nitrogens with one attached hydrogen (secondary N) is 2. The van der Waals surface area contributed by atoms with E-state index in [1.165, 1.54) is 11.4 Å². The Balaban J connectivity index is 1.76. The van der Waals surface area contributed by atoms with E-state index in [1.54, 1.807) is 20.8 Å². The molecule has 0 spiro atoms. The Morgan fingerprint density at radius 3 is 1.97 bits per heavy atom. The van der Waals surface area contributed by atoms with Crippen LogP contribution in [0.3, 0.4) is 0 Å². The molecule has 0 amide bonds. The van der Waals surface area contributed by atoms with Gasteiger partial charge in [0.15, 0.2) is 0 Å². The standard InChI is InChI=1S/C24H37N3O2S/c1-20(2)27(22-12-8-6-9-13-22)23-16-14-21(15-17-23)25-18-10-7-11-19-26-30(28,29)24(3,4)5/h6,8-9,12-17,20,25-26H,7,10-11,18-19H2,1-5H3. The van der Waals surface area contributed by atoms with E-state index >= 15 is 0 Å². The first-order chi connectivity index (χ1) is 14.1. The zero-order valence-corrected chi connectivity index (χ0v) is 19.8. The molecule has 0 bridgehead atoms. The summed E-state index contributed by atoms with van der Waals surface area (Å²) in [4.78, 5) is 2.32. The van der Waals surface area contributed by atoms with Crippen LogP contribution in [0.2, 0.25) is 0 Å². The van der Waals surface area contributed by atoms with Crippen molar-refractivity contribution in [1.29, 1.82) is 0 Å². The minimum atomic E-state index is -3.24. The van der Waals surface area contributed by atoms with Crippen LogP contribution in [0.5, 0.6) is 0 Å². The van der Waals surface area contributed by atoms with Gasteiger partial charge in [0.25, 0.3) is 0 Å². The first kappa shape index (κ1) is 24.2. The number of benzene rings is 2. The van der Waals surface area contributed by atoms with Gasteiger partial charge in [-0.1, -0.05) is 24.6 Å². The molecule has 0 atom stereocenters. The first-order valence-corrected chi connectivity index (χ1v) is 12.3. The molecular formula is C24H37N3O2S. The molecule has 0 unspecified atom stereocenters. The van der Waals surface area contributed by atoms with Gasteiger partial charge in [0.05, 0.1) is 4.75 Å². The maximum Gasteiger partial charge on any atom is 0.216 e. The van der Waals surface area contributed by atoms with Crippen molar-refractivity contribution in [2.24, 2.45) is 0 Å². The lowest BCUT2D eigenvalue weighted by Crippen LogP contribution is -2.39. The molecule has 166 valence electrons. The number of nitrogens with zero attached hydrogens (tertiary/aromatic N) is 1. The van der Waals surface area contributed by atoms with Crippen LogP contribution in [0.1, 0.15) is 53.9 Å². The van der Waals surface area contributed by atoms with Crippen molar-refractivity contribution < 1.29 is 8.42 Å². The summed E-state index contributed by atoms with van der Waals surface area (Å²) in [5.74, 6) is 0. The number of hydrogen-bond acceptors (Lipinski definition) is 4. The van der Waals surface area contributed by atoms with E-state index in [9.17, 15) is 8.42 Å². The monoisotopic (exact) mass is 431 g/mol. The number of hydrogen-bond donors (Lipinski definition) is 2. The fraction of sp³-hybridized carbons (Fsp3) is 0.500. The van der Waals surface area contributed by atoms with Crippen molar-refractivity contribution in [1.82, 2.24) is 4.72 Å². The van der Waals surface area contributed by atoms with Crippen molar-refractivity contribution >= 4 is 27.1 Å². The van der Waals surface area contributed by atoms with Crippen LogP contribution in [0, 0.1) is 0 Å². The Kier molecular flexibility index (Phi) is 8.74. The van der Waals surface area contributed by atoms with E-state index in [-0.39, 0.29) is 0 Å². The predicted molar refractivity (Wildman–Crippen MR) is 129 cm³/mol. The van der Waals surface area contributed by atoms with Crippen molar-refractivity contribution in [3.63, 3.8) is 0 Å². The van der Waals surface area contributed by atoms with Gasteiger partial charge in [-0.3, -0.25) is 0 Å². The maximum atomic E-state index is 12.0. The third-order valence-electron chi connectivity index (χ3n) is 4.98. The van der Waals surface area contributed by atoms with Gasteiger partial charge >= 0.3 is 0 Å². The largest absolute Gasteiger partial charge is 0.385 e. The summed E-state index contributed by atoms with van der Waals surface area (Å²) in [5.41, 5.74) is 3.46. The average molecular weight is 432 g/mol. The molecule has 0 radical (unpaired) electrons. The van der Waals surface area contributed by atoms with Crippen LogP contribution in [-0.4, -0.2) is 32.3 Å². The highest BCUT2D eigenvalue weighted by Gasteiger charge is 2.27. The fourth-order valence-corrected chi connectivity index (χ4v) is 4.00. The van der Waals surface area contributed by atoms with Crippen LogP contribution >= 0.6 is 0 Å². The molecule has 0 fully saturated rings. The van der Waals surface area contributed by atoms with Crippen LogP contribution in [0.25, 0.3) is 0 Å². The van der Waals surface area contributed by atoms with E-state index in [4.69, 9.17) is 0 Å². The van der Waals surface area contributed by atoms with Gasteiger partial charge in [-0.25, -0.2) is 13.1 Å². The van der Waals surface area contributed by atoms with Gasteiger partial charge in [0, 0.05) is 36.2 Å². The Bertz CT molecular complexity index is 858. The third-order valence-corrected chi connectivity index (χ3v) is 7.17. The number of anilines is 3. The number of unbranched alkanes of at least 4 members (excludes halogenated alkanes) is 2. The highest BCUT2D eigenvalue weighted by atomic mass is 32.2. The molecular weight excluding hydrogens is 394 g/mol. The summed E-state index contributed by atoms with van der Waals surface area (Å²) in [5, 5.41) is 3.45. The minimum absolute atomic E-state index is 0.363. The normalized spacial score (nSPS) is 12.2. The second-order valence-electron chi connectivity index (χ2n) is 8.84. The second kappa shape index (κ2) is 10.8. The highest BCUT2D eigenvalue weighted by Crippen LogP contribution is 2.28. The smallest absolute Gasteiger partial charge is 0.216 e. The van der Waals surface area contributed by atoms with Crippen LogP contribution in [-0.2, 0) is 10.0 Å². The topological polar surface area (TPSA) is 61.4 Å². The van der Waals surface area contributed by atoms with Gasteiger partial charge in [-0.2, -0.15) is 0 Å². The number of para-hydroxylation sites is 1. The van der Waals surface area contributed by atoms with Crippen molar-refractivity contribution in [3.05, 3.63) is 54.6 Å². The van der Waals surface area contributed by atoms with Crippen molar-refractivity contribution in [2.75, 3.05) is 23.3 Å². The Labute approximate surface area is 182 Å². The third kappa shape index (κ3) is 7.03. The Morgan fingerprint density at radius 2 is 1.40 bits per heavy atom. The highest BCUT2D eigenvalue weighted by molar-refractivity contribution is 7.90. The molecule has 6 heteroatoms.